The fourth-order valence-corrected chi connectivity index (χ4v) is 3.27. The number of ketones is 1. The summed E-state index contributed by atoms with van der Waals surface area (Å²) < 4.78 is 0. The topological polar surface area (TPSA) is 66.5 Å². The molecule has 0 radical (unpaired) electrons. The summed E-state index contributed by atoms with van der Waals surface area (Å²) in [5.74, 6) is 0.0939. The van der Waals surface area contributed by atoms with Crippen molar-refractivity contribution in [3.63, 3.8) is 0 Å². The standard InChI is InChI=1S/C22H24N2O3/c1-16(25)17-6-2-7-18(14-17)19-8-3-9-20(15-19)22(27)23-11-5-13-24-12-4-10-21(24)26/h2-3,6-9,14-15H,4-5,10-13H2,1H3,(H,23,27). The van der Waals surface area contributed by atoms with E-state index in [1.54, 1.807) is 19.1 Å². The SMILES string of the molecule is CC(=O)c1cccc(-c2cccc(C(=O)NCCCN3CCCC3=O)c2)c1. The first-order chi connectivity index (χ1) is 13.0. The van der Waals surface area contributed by atoms with Crippen molar-refractivity contribution in [2.75, 3.05) is 19.6 Å². The van der Waals surface area contributed by atoms with Crippen LogP contribution in [0.3, 0.4) is 0 Å². The summed E-state index contributed by atoms with van der Waals surface area (Å²) in [6, 6.07) is 14.8. The fourth-order valence-electron chi connectivity index (χ4n) is 3.27. The summed E-state index contributed by atoms with van der Waals surface area (Å²) >= 11 is 0. The molecule has 5 heteroatoms. The van der Waals surface area contributed by atoms with Gasteiger partial charge in [0.05, 0.1) is 0 Å². The first-order valence-corrected chi connectivity index (χ1v) is 9.32. The summed E-state index contributed by atoms with van der Waals surface area (Å²) in [6.07, 6.45) is 2.32. The Labute approximate surface area is 159 Å². The van der Waals surface area contributed by atoms with E-state index in [4.69, 9.17) is 0 Å². The van der Waals surface area contributed by atoms with Gasteiger partial charge < -0.3 is 10.2 Å². The van der Waals surface area contributed by atoms with Gasteiger partial charge in [-0.3, -0.25) is 14.4 Å². The van der Waals surface area contributed by atoms with E-state index in [2.05, 4.69) is 5.32 Å². The highest BCUT2D eigenvalue weighted by molar-refractivity contribution is 5.97. The van der Waals surface area contributed by atoms with Crippen molar-refractivity contribution < 1.29 is 14.4 Å². The van der Waals surface area contributed by atoms with Gasteiger partial charge in [-0.25, -0.2) is 0 Å². The minimum absolute atomic E-state index is 0.0160. The fraction of sp³-hybridized carbons (Fsp3) is 0.318. The van der Waals surface area contributed by atoms with Gasteiger partial charge in [0.25, 0.3) is 5.91 Å². The number of hydrogen-bond acceptors (Lipinski definition) is 3. The summed E-state index contributed by atoms with van der Waals surface area (Å²) in [5, 5.41) is 2.92. The van der Waals surface area contributed by atoms with Crippen molar-refractivity contribution in [2.24, 2.45) is 0 Å². The average molecular weight is 364 g/mol. The van der Waals surface area contributed by atoms with Crippen LogP contribution >= 0.6 is 0 Å². The van der Waals surface area contributed by atoms with Gasteiger partial charge in [-0.05, 0) is 49.1 Å². The Morgan fingerprint density at radius 3 is 2.33 bits per heavy atom. The molecular weight excluding hydrogens is 340 g/mol. The monoisotopic (exact) mass is 364 g/mol. The van der Waals surface area contributed by atoms with Crippen molar-refractivity contribution in [3.05, 3.63) is 59.7 Å². The summed E-state index contributed by atoms with van der Waals surface area (Å²) in [6.45, 7) is 3.59. The van der Waals surface area contributed by atoms with Crippen LogP contribution in [0.5, 0.6) is 0 Å². The molecule has 0 spiro atoms. The maximum atomic E-state index is 12.4. The Kier molecular flexibility index (Phi) is 6.01. The van der Waals surface area contributed by atoms with Crippen LogP contribution in [0.25, 0.3) is 11.1 Å². The van der Waals surface area contributed by atoms with Gasteiger partial charge in [0, 0.05) is 37.2 Å². The molecule has 27 heavy (non-hydrogen) atoms. The maximum Gasteiger partial charge on any atom is 0.251 e. The van der Waals surface area contributed by atoms with Crippen molar-refractivity contribution in [1.29, 1.82) is 0 Å². The van der Waals surface area contributed by atoms with Crippen LogP contribution in [0.1, 0.15) is 46.9 Å². The molecule has 1 fully saturated rings. The highest BCUT2D eigenvalue weighted by atomic mass is 16.2. The Morgan fingerprint density at radius 2 is 1.70 bits per heavy atom. The molecule has 0 saturated carbocycles. The number of carbonyl (C=O) groups excluding carboxylic acids is 3. The summed E-state index contributed by atoms with van der Waals surface area (Å²) in [5.41, 5.74) is 3.04. The van der Waals surface area contributed by atoms with Gasteiger partial charge in [0.15, 0.2) is 5.78 Å². The maximum absolute atomic E-state index is 12.4. The molecule has 0 aromatic heterocycles. The molecule has 0 atom stereocenters. The number of benzene rings is 2. The first-order valence-electron chi connectivity index (χ1n) is 9.32. The minimum Gasteiger partial charge on any atom is -0.352 e. The Hall–Kier alpha value is -2.95. The van der Waals surface area contributed by atoms with Crippen molar-refractivity contribution >= 4 is 17.6 Å². The number of rotatable bonds is 7. The van der Waals surface area contributed by atoms with Crippen LogP contribution in [0.2, 0.25) is 0 Å². The molecular formula is C22H24N2O3. The predicted octanol–water partition coefficient (Wildman–Crippen LogP) is 3.30. The molecule has 0 unspecified atom stereocenters. The number of Topliss-reactive ketones (excluding diaryl/α,β-unsaturated/α-hetero) is 1. The molecule has 1 heterocycles. The van der Waals surface area contributed by atoms with Crippen molar-refractivity contribution in [1.82, 2.24) is 10.2 Å². The number of hydrogen-bond donors (Lipinski definition) is 1. The van der Waals surface area contributed by atoms with E-state index in [1.807, 2.05) is 41.3 Å². The van der Waals surface area contributed by atoms with Gasteiger partial charge in [-0.2, -0.15) is 0 Å². The van der Waals surface area contributed by atoms with E-state index in [-0.39, 0.29) is 17.6 Å². The third-order valence-corrected chi connectivity index (χ3v) is 4.79. The molecule has 2 amide bonds. The Morgan fingerprint density at radius 1 is 1.04 bits per heavy atom. The third-order valence-electron chi connectivity index (χ3n) is 4.79. The molecule has 1 N–H and O–H groups in total. The molecule has 1 saturated heterocycles. The highest BCUT2D eigenvalue weighted by Crippen LogP contribution is 2.22. The molecule has 5 nitrogen and oxygen atoms in total. The number of amides is 2. The Balaban J connectivity index is 1.59. The first kappa shape index (κ1) is 18.8. The quantitative estimate of drug-likeness (QED) is 0.605. The molecule has 1 aliphatic heterocycles. The minimum atomic E-state index is -0.132. The zero-order valence-corrected chi connectivity index (χ0v) is 15.5. The summed E-state index contributed by atoms with van der Waals surface area (Å²) in [4.78, 5) is 37.4. The zero-order chi connectivity index (χ0) is 19.2. The molecule has 2 aromatic carbocycles. The molecule has 2 aromatic rings. The second-order valence-corrected chi connectivity index (χ2v) is 6.81. The van der Waals surface area contributed by atoms with Crippen LogP contribution in [-0.4, -0.2) is 42.1 Å². The van der Waals surface area contributed by atoms with Crippen LogP contribution in [0, 0.1) is 0 Å². The van der Waals surface area contributed by atoms with E-state index in [1.165, 1.54) is 0 Å². The van der Waals surface area contributed by atoms with Crippen LogP contribution in [0.15, 0.2) is 48.5 Å². The van der Waals surface area contributed by atoms with Crippen LogP contribution in [-0.2, 0) is 4.79 Å². The lowest BCUT2D eigenvalue weighted by atomic mass is 10.00. The van der Waals surface area contributed by atoms with E-state index in [0.29, 0.717) is 30.6 Å². The number of nitrogens with zero attached hydrogens (tertiary/aromatic N) is 1. The average Bonchev–Trinajstić information content (AvgIpc) is 3.10. The second kappa shape index (κ2) is 8.62. The van der Waals surface area contributed by atoms with E-state index >= 15 is 0 Å². The normalized spacial score (nSPS) is 13.7. The molecule has 3 rings (SSSR count). The second-order valence-electron chi connectivity index (χ2n) is 6.81. The van der Waals surface area contributed by atoms with Gasteiger partial charge in [-0.1, -0.05) is 30.3 Å². The van der Waals surface area contributed by atoms with Crippen LogP contribution < -0.4 is 5.32 Å². The lowest BCUT2D eigenvalue weighted by molar-refractivity contribution is -0.127. The van der Waals surface area contributed by atoms with Gasteiger partial charge >= 0.3 is 0 Å². The lowest BCUT2D eigenvalue weighted by Gasteiger charge is -2.15. The third kappa shape index (κ3) is 4.82. The number of likely N-dealkylation sites (tertiary alicyclic amines) is 1. The molecule has 1 aliphatic rings. The van der Waals surface area contributed by atoms with E-state index in [0.717, 1.165) is 30.5 Å². The zero-order valence-electron chi connectivity index (χ0n) is 15.5. The van der Waals surface area contributed by atoms with Crippen molar-refractivity contribution in [3.8, 4) is 11.1 Å². The van der Waals surface area contributed by atoms with Crippen LogP contribution in [0.4, 0.5) is 0 Å². The Bertz CT molecular complexity index is 860. The van der Waals surface area contributed by atoms with Crippen molar-refractivity contribution in [2.45, 2.75) is 26.2 Å². The van der Waals surface area contributed by atoms with Gasteiger partial charge in [0.1, 0.15) is 0 Å². The van der Waals surface area contributed by atoms with Gasteiger partial charge in [0.2, 0.25) is 5.91 Å². The molecule has 0 aliphatic carbocycles. The highest BCUT2D eigenvalue weighted by Gasteiger charge is 2.19. The number of carbonyl (C=O) groups is 3. The molecule has 140 valence electrons. The summed E-state index contributed by atoms with van der Waals surface area (Å²) in [7, 11) is 0. The number of nitrogens with one attached hydrogen (secondary N) is 1. The van der Waals surface area contributed by atoms with E-state index in [9.17, 15) is 14.4 Å². The molecule has 0 bridgehead atoms. The predicted molar refractivity (Wildman–Crippen MR) is 105 cm³/mol. The van der Waals surface area contributed by atoms with E-state index < -0.39 is 0 Å². The smallest absolute Gasteiger partial charge is 0.251 e. The largest absolute Gasteiger partial charge is 0.352 e. The lowest BCUT2D eigenvalue weighted by Crippen LogP contribution is -2.30. The van der Waals surface area contributed by atoms with Gasteiger partial charge in [-0.15, -0.1) is 0 Å².